The Morgan fingerprint density at radius 2 is 1.21 bits per heavy atom. The minimum Gasteiger partial charge on any atom is -0.310 e. The number of hydrogen-bond donors (Lipinski definition) is 0. The van der Waals surface area contributed by atoms with Crippen molar-refractivity contribution in [3.63, 3.8) is 0 Å². The monoisotopic (exact) mass is 498 g/mol. The van der Waals surface area contributed by atoms with Crippen molar-refractivity contribution in [2.45, 2.75) is 12.8 Å². The summed E-state index contributed by atoms with van der Waals surface area (Å²) < 4.78 is 4.84. The van der Waals surface area contributed by atoms with Crippen LogP contribution in [0.1, 0.15) is 17.7 Å². The Hall–Kier alpha value is -4.76. The van der Waals surface area contributed by atoms with Crippen molar-refractivity contribution in [1.29, 1.82) is 0 Å². The summed E-state index contributed by atoms with van der Waals surface area (Å²) in [5, 5.41) is 3.94. The van der Waals surface area contributed by atoms with E-state index in [1.54, 1.807) is 0 Å². The topological polar surface area (TPSA) is 9.86 Å². The molecular formula is C36H27BN2. The number of benzene rings is 5. The highest BCUT2D eigenvalue weighted by Gasteiger charge is 2.19. The van der Waals surface area contributed by atoms with Gasteiger partial charge in [-0.2, -0.15) is 0 Å². The van der Waals surface area contributed by atoms with E-state index in [2.05, 4.69) is 144 Å². The van der Waals surface area contributed by atoms with Crippen LogP contribution >= 0.6 is 0 Å². The molecule has 0 bridgehead atoms. The Labute approximate surface area is 228 Å². The van der Waals surface area contributed by atoms with Crippen molar-refractivity contribution < 1.29 is 0 Å². The average molecular weight is 498 g/mol. The maximum Gasteiger partial charge on any atom is 0.140 e. The fourth-order valence-electron chi connectivity index (χ4n) is 6.54. The lowest BCUT2D eigenvalue weighted by molar-refractivity contribution is 0.968. The minimum absolute atomic E-state index is 1.10. The fourth-order valence-corrected chi connectivity index (χ4v) is 6.54. The van der Waals surface area contributed by atoms with Gasteiger partial charge in [0.25, 0.3) is 0 Å². The molecule has 2 heterocycles. The number of nitrogens with zero attached hydrogens (tertiary/aromatic N) is 2. The van der Waals surface area contributed by atoms with Gasteiger partial charge in [-0.05, 0) is 78.1 Å². The molecule has 1 aliphatic carbocycles. The highest BCUT2D eigenvalue weighted by molar-refractivity contribution is 6.36. The molecule has 0 saturated carbocycles. The second kappa shape index (κ2) is 8.64. The highest BCUT2D eigenvalue weighted by atomic mass is 15.0. The van der Waals surface area contributed by atoms with Crippen molar-refractivity contribution in [3.05, 3.63) is 133 Å². The molecule has 39 heavy (non-hydrogen) atoms. The summed E-state index contributed by atoms with van der Waals surface area (Å²) >= 11 is 0. The number of allylic oxidation sites excluding steroid dienone is 1. The largest absolute Gasteiger partial charge is 0.310 e. The van der Waals surface area contributed by atoms with Gasteiger partial charge in [-0.1, -0.05) is 84.3 Å². The Balaban J connectivity index is 1.32. The SMILES string of the molecule is Bc1ccc(-n2c3c(c4ccccc42)CCC=C3)cc1-c1cccc(-n2c3ccccc3c3ccccc32)c1. The maximum atomic E-state index is 2.44. The first-order valence-electron chi connectivity index (χ1n) is 13.8. The summed E-state index contributed by atoms with van der Waals surface area (Å²) in [6.07, 6.45) is 6.82. The summed E-state index contributed by atoms with van der Waals surface area (Å²) in [6.45, 7) is 0. The number of para-hydroxylation sites is 3. The molecule has 0 spiro atoms. The van der Waals surface area contributed by atoms with Gasteiger partial charge in [-0.15, -0.1) is 0 Å². The van der Waals surface area contributed by atoms with Crippen LogP contribution in [0.3, 0.4) is 0 Å². The number of rotatable bonds is 3. The molecular weight excluding hydrogens is 471 g/mol. The van der Waals surface area contributed by atoms with Crippen molar-refractivity contribution in [2.75, 3.05) is 0 Å². The number of aryl methyl sites for hydroxylation is 1. The predicted octanol–water partition coefficient (Wildman–Crippen LogP) is 7.61. The molecule has 1 aliphatic rings. The van der Waals surface area contributed by atoms with Gasteiger partial charge in [0, 0.05) is 33.2 Å². The van der Waals surface area contributed by atoms with Crippen LogP contribution in [0.25, 0.3) is 61.3 Å². The van der Waals surface area contributed by atoms with Crippen molar-refractivity contribution in [2.24, 2.45) is 0 Å². The third-order valence-electron chi connectivity index (χ3n) is 8.33. The van der Waals surface area contributed by atoms with Crippen LogP contribution in [0.4, 0.5) is 0 Å². The van der Waals surface area contributed by atoms with E-state index in [1.165, 1.54) is 71.9 Å². The zero-order valence-electron chi connectivity index (χ0n) is 21.9. The van der Waals surface area contributed by atoms with E-state index >= 15 is 0 Å². The van der Waals surface area contributed by atoms with Gasteiger partial charge in [0.2, 0.25) is 0 Å². The van der Waals surface area contributed by atoms with E-state index in [4.69, 9.17) is 0 Å². The summed E-state index contributed by atoms with van der Waals surface area (Å²) in [4.78, 5) is 0. The number of aromatic nitrogens is 2. The number of fused-ring (bicyclic) bond motifs is 6. The first-order chi connectivity index (χ1) is 19.3. The van der Waals surface area contributed by atoms with Gasteiger partial charge in [0.15, 0.2) is 0 Å². The Bertz CT molecular complexity index is 2040. The van der Waals surface area contributed by atoms with Gasteiger partial charge in [-0.3, -0.25) is 0 Å². The van der Waals surface area contributed by atoms with E-state index in [1.807, 2.05) is 0 Å². The molecule has 8 rings (SSSR count). The molecule has 184 valence electrons. The Morgan fingerprint density at radius 1 is 0.564 bits per heavy atom. The van der Waals surface area contributed by atoms with Crippen LogP contribution in [0.2, 0.25) is 0 Å². The van der Waals surface area contributed by atoms with Crippen LogP contribution in [0, 0.1) is 0 Å². The molecule has 0 radical (unpaired) electrons. The van der Waals surface area contributed by atoms with E-state index < -0.39 is 0 Å². The molecule has 3 heteroatoms. The molecule has 0 aliphatic heterocycles. The van der Waals surface area contributed by atoms with Gasteiger partial charge >= 0.3 is 0 Å². The Kier molecular flexibility index (Phi) is 4.93. The quantitative estimate of drug-likeness (QED) is 0.222. The predicted molar refractivity (Wildman–Crippen MR) is 169 cm³/mol. The lowest BCUT2D eigenvalue weighted by Gasteiger charge is -2.16. The Morgan fingerprint density at radius 3 is 1.95 bits per heavy atom. The molecule has 2 nitrogen and oxygen atoms in total. The van der Waals surface area contributed by atoms with E-state index in [0.29, 0.717) is 0 Å². The van der Waals surface area contributed by atoms with Gasteiger partial charge in [0.05, 0.1) is 16.6 Å². The molecule has 0 amide bonds. The van der Waals surface area contributed by atoms with Crippen LogP contribution < -0.4 is 5.46 Å². The van der Waals surface area contributed by atoms with Crippen LogP contribution in [-0.2, 0) is 6.42 Å². The van der Waals surface area contributed by atoms with Crippen LogP contribution in [-0.4, -0.2) is 17.0 Å². The third kappa shape index (κ3) is 3.36. The molecule has 0 saturated heterocycles. The highest BCUT2D eigenvalue weighted by Crippen LogP contribution is 2.36. The first kappa shape index (κ1) is 22.2. The minimum atomic E-state index is 1.10. The second-order valence-corrected chi connectivity index (χ2v) is 10.6. The zero-order chi connectivity index (χ0) is 25.9. The summed E-state index contributed by atoms with van der Waals surface area (Å²) in [5.41, 5.74) is 12.7. The zero-order valence-corrected chi connectivity index (χ0v) is 21.9. The third-order valence-corrected chi connectivity index (χ3v) is 8.33. The number of hydrogen-bond acceptors (Lipinski definition) is 0. The standard InChI is InChI=1S/C36H27BN2/c37-32-21-20-26(39-35-18-7-3-14-29(35)30-15-4-8-19-36(30)39)23-31(32)24-10-9-11-25(22-24)38-33-16-5-1-12-27(33)28-13-2-6-17-34(28)38/h1-3,5-14,16-23H,4,15,37H2. The summed E-state index contributed by atoms with van der Waals surface area (Å²) in [6, 6.07) is 42.2. The van der Waals surface area contributed by atoms with Gasteiger partial charge < -0.3 is 9.13 Å². The lowest BCUT2D eigenvalue weighted by atomic mass is 9.86. The van der Waals surface area contributed by atoms with Gasteiger partial charge in [0.1, 0.15) is 7.85 Å². The second-order valence-electron chi connectivity index (χ2n) is 10.6. The van der Waals surface area contributed by atoms with Crippen molar-refractivity contribution in [1.82, 2.24) is 9.13 Å². The van der Waals surface area contributed by atoms with Crippen molar-refractivity contribution in [3.8, 4) is 22.5 Å². The normalized spacial score (nSPS) is 12.9. The lowest BCUT2D eigenvalue weighted by Crippen LogP contribution is -2.09. The molecule has 7 aromatic rings. The van der Waals surface area contributed by atoms with Crippen molar-refractivity contribution >= 4 is 52.1 Å². The summed E-state index contributed by atoms with van der Waals surface area (Å²) in [5.74, 6) is 0. The fraction of sp³-hybridized carbons (Fsp3) is 0.0556. The molecule has 0 unspecified atom stereocenters. The van der Waals surface area contributed by atoms with Crippen LogP contribution in [0.15, 0.2) is 121 Å². The van der Waals surface area contributed by atoms with Gasteiger partial charge in [-0.25, -0.2) is 0 Å². The molecule has 0 fully saturated rings. The maximum absolute atomic E-state index is 2.44. The molecule has 2 aromatic heterocycles. The first-order valence-corrected chi connectivity index (χ1v) is 13.8. The van der Waals surface area contributed by atoms with E-state index in [0.717, 1.165) is 12.8 Å². The molecule has 0 N–H and O–H groups in total. The smallest absolute Gasteiger partial charge is 0.140 e. The molecule has 0 atom stereocenters. The molecule has 5 aromatic carbocycles. The van der Waals surface area contributed by atoms with Crippen LogP contribution in [0.5, 0.6) is 0 Å². The summed E-state index contributed by atoms with van der Waals surface area (Å²) in [7, 11) is 2.22. The van der Waals surface area contributed by atoms with E-state index in [9.17, 15) is 0 Å². The average Bonchev–Trinajstić information content (AvgIpc) is 3.51. The van der Waals surface area contributed by atoms with E-state index in [-0.39, 0.29) is 0 Å².